The van der Waals surface area contributed by atoms with Gasteiger partial charge >= 0.3 is 0 Å². The molecule has 0 saturated heterocycles. The van der Waals surface area contributed by atoms with Crippen LogP contribution in [-0.2, 0) is 0 Å². The van der Waals surface area contributed by atoms with Crippen molar-refractivity contribution in [2.24, 2.45) is 0 Å². The maximum atomic E-state index is 9.60. The molecule has 5 rings (SSSR count). The lowest BCUT2D eigenvalue weighted by Gasteiger charge is -2.30. The summed E-state index contributed by atoms with van der Waals surface area (Å²) in [5.41, 5.74) is 4.98. The average Bonchev–Trinajstić information content (AvgIpc) is 3.30. The molecule has 2 aromatic carbocycles. The highest BCUT2D eigenvalue weighted by atomic mass is 32.1. The normalized spacial score (nSPS) is 19.8. The van der Waals surface area contributed by atoms with Gasteiger partial charge in [-0.2, -0.15) is 0 Å². The summed E-state index contributed by atoms with van der Waals surface area (Å²) < 4.78 is 0. The molecule has 2 atom stereocenters. The number of phenolic OH excluding ortho intramolecular Hbond substituents is 1. The predicted molar refractivity (Wildman–Crippen MR) is 102 cm³/mol. The zero-order valence-corrected chi connectivity index (χ0v) is 14.4. The summed E-state index contributed by atoms with van der Waals surface area (Å²) in [6, 6.07) is 20.5. The topological polar surface area (TPSA) is 48.0 Å². The molecule has 2 aromatic heterocycles. The smallest absolute Gasteiger partial charge is 0.115 e. The van der Waals surface area contributed by atoms with Crippen molar-refractivity contribution in [2.45, 2.75) is 12.0 Å². The first-order valence-electron chi connectivity index (χ1n) is 8.47. The molecule has 0 amide bonds. The van der Waals surface area contributed by atoms with E-state index in [4.69, 9.17) is 0 Å². The van der Waals surface area contributed by atoms with Crippen LogP contribution in [0.15, 0.2) is 66.0 Å². The number of rotatable bonds is 2. The van der Waals surface area contributed by atoms with Gasteiger partial charge in [0.1, 0.15) is 5.75 Å². The highest BCUT2D eigenvalue weighted by molar-refractivity contribution is 7.10. The molecule has 1 aliphatic rings. The lowest BCUT2D eigenvalue weighted by Crippen LogP contribution is -2.33. The van der Waals surface area contributed by atoms with E-state index in [1.807, 2.05) is 23.5 Å². The van der Waals surface area contributed by atoms with Crippen molar-refractivity contribution in [3.05, 3.63) is 87.7 Å². The zero-order chi connectivity index (χ0) is 16.8. The molecule has 0 spiro atoms. The molecule has 0 bridgehead atoms. The summed E-state index contributed by atoms with van der Waals surface area (Å²) >= 11 is 1.82. The van der Waals surface area contributed by atoms with Crippen LogP contribution in [0.4, 0.5) is 0 Å². The third kappa shape index (κ3) is 2.37. The predicted octanol–water partition coefficient (Wildman–Crippen LogP) is 4.76. The fourth-order valence-electron chi connectivity index (χ4n) is 3.91. The molecule has 25 heavy (non-hydrogen) atoms. The van der Waals surface area contributed by atoms with Crippen molar-refractivity contribution in [1.29, 1.82) is 0 Å². The third-order valence-electron chi connectivity index (χ3n) is 5.05. The van der Waals surface area contributed by atoms with E-state index in [1.54, 1.807) is 12.1 Å². The van der Waals surface area contributed by atoms with Crippen LogP contribution < -0.4 is 5.32 Å². The van der Waals surface area contributed by atoms with Gasteiger partial charge in [0.25, 0.3) is 0 Å². The summed E-state index contributed by atoms with van der Waals surface area (Å²) in [6.07, 6.45) is 0. The Morgan fingerprint density at radius 3 is 2.60 bits per heavy atom. The van der Waals surface area contributed by atoms with Gasteiger partial charge < -0.3 is 15.4 Å². The van der Waals surface area contributed by atoms with Crippen LogP contribution in [0, 0.1) is 0 Å². The van der Waals surface area contributed by atoms with Gasteiger partial charge in [0.15, 0.2) is 0 Å². The Balaban J connectivity index is 1.71. The summed E-state index contributed by atoms with van der Waals surface area (Å²) in [7, 11) is 0. The van der Waals surface area contributed by atoms with Crippen LogP contribution in [0.25, 0.3) is 10.9 Å². The number of hydrogen-bond donors (Lipinski definition) is 3. The number of thiophene rings is 1. The maximum Gasteiger partial charge on any atom is 0.115 e. The largest absolute Gasteiger partial charge is 0.508 e. The molecule has 0 aliphatic carbocycles. The third-order valence-corrected chi connectivity index (χ3v) is 6.04. The SMILES string of the molecule is Oc1ccc([C@@H]2NC[C@@H](c3cccs3)c3c2[nH]c2ccccc32)cc1. The quantitative estimate of drug-likeness (QED) is 0.490. The molecule has 0 saturated carbocycles. The molecule has 4 aromatic rings. The second kappa shape index (κ2) is 5.76. The average molecular weight is 346 g/mol. The van der Waals surface area contributed by atoms with Crippen molar-refractivity contribution < 1.29 is 5.11 Å². The van der Waals surface area contributed by atoms with Crippen molar-refractivity contribution in [3.8, 4) is 5.75 Å². The fourth-order valence-corrected chi connectivity index (χ4v) is 4.75. The van der Waals surface area contributed by atoms with Crippen LogP contribution in [0.3, 0.4) is 0 Å². The number of hydrogen-bond acceptors (Lipinski definition) is 3. The molecule has 4 heteroatoms. The minimum Gasteiger partial charge on any atom is -0.508 e. The number of phenols is 1. The number of H-pyrrole nitrogens is 1. The Morgan fingerprint density at radius 1 is 0.960 bits per heavy atom. The Labute approximate surface area is 150 Å². The second-order valence-corrected chi connectivity index (χ2v) is 7.48. The Hall–Kier alpha value is -2.56. The first-order chi connectivity index (χ1) is 12.3. The van der Waals surface area contributed by atoms with Gasteiger partial charge in [-0.3, -0.25) is 0 Å². The first kappa shape index (κ1) is 14.8. The van der Waals surface area contributed by atoms with E-state index >= 15 is 0 Å². The summed E-state index contributed by atoms with van der Waals surface area (Å²) in [5.74, 6) is 0.660. The number of benzene rings is 2. The lowest BCUT2D eigenvalue weighted by molar-refractivity contribution is 0.474. The van der Waals surface area contributed by atoms with Crippen molar-refractivity contribution in [1.82, 2.24) is 10.3 Å². The Kier molecular flexibility index (Phi) is 3.40. The number of aromatic hydroxyl groups is 1. The molecule has 3 heterocycles. The van der Waals surface area contributed by atoms with Gasteiger partial charge in [0, 0.05) is 33.9 Å². The molecule has 3 nitrogen and oxygen atoms in total. The van der Waals surface area contributed by atoms with Gasteiger partial charge in [-0.05, 0) is 40.8 Å². The minimum atomic E-state index is 0.110. The lowest BCUT2D eigenvalue weighted by atomic mass is 9.86. The van der Waals surface area contributed by atoms with Gasteiger partial charge in [-0.15, -0.1) is 11.3 Å². The molecule has 1 aliphatic heterocycles. The highest BCUT2D eigenvalue weighted by Crippen LogP contribution is 2.42. The first-order valence-corrected chi connectivity index (χ1v) is 9.35. The molecular weight excluding hydrogens is 328 g/mol. The number of para-hydroxylation sites is 1. The van der Waals surface area contributed by atoms with E-state index in [-0.39, 0.29) is 6.04 Å². The van der Waals surface area contributed by atoms with E-state index < -0.39 is 0 Å². The number of aromatic amines is 1. The monoisotopic (exact) mass is 346 g/mol. The van der Waals surface area contributed by atoms with Crippen LogP contribution in [0.1, 0.15) is 33.7 Å². The number of nitrogens with one attached hydrogen (secondary N) is 2. The van der Waals surface area contributed by atoms with E-state index in [2.05, 4.69) is 52.1 Å². The number of aromatic nitrogens is 1. The van der Waals surface area contributed by atoms with Crippen LogP contribution in [0.5, 0.6) is 5.75 Å². The number of fused-ring (bicyclic) bond motifs is 3. The second-order valence-electron chi connectivity index (χ2n) is 6.50. The molecule has 124 valence electrons. The fraction of sp³-hybridized carbons (Fsp3) is 0.143. The van der Waals surface area contributed by atoms with E-state index in [0.717, 1.165) is 12.1 Å². The zero-order valence-electron chi connectivity index (χ0n) is 13.6. The van der Waals surface area contributed by atoms with Crippen molar-refractivity contribution in [3.63, 3.8) is 0 Å². The van der Waals surface area contributed by atoms with Crippen LogP contribution in [0.2, 0.25) is 0 Å². The van der Waals surface area contributed by atoms with E-state index in [1.165, 1.54) is 27.0 Å². The van der Waals surface area contributed by atoms with Crippen LogP contribution in [-0.4, -0.2) is 16.6 Å². The summed E-state index contributed by atoms with van der Waals surface area (Å²) in [5, 5.41) is 16.8. The van der Waals surface area contributed by atoms with Crippen LogP contribution >= 0.6 is 11.3 Å². The molecule has 0 unspecified atom stereocenters. The van der Waals surface area contributed by atoms with Gasteiger partial charge in [0.2, 0.25) is 0 Å². The standard InChI is InChI=1S/C21H18N2OS/c24-14-9-7-13(8-10-14)20-21-19(15-4-1-2-5-17(15)23-21)16(12-22-20)18-6-3-11-25-18/h1-11,16,20,22-24H,12H2/t16-,20-/m0/s1. The Bertz CT molecular complexity index is 1020. The van der Waals surface area contributed by atoms with E-state index in [0.29, 0.717) is 11.7 Å². The molecular formula is C21H18N2OS. The molecule has 0 radical (unpaired) electrons. The van der Waals surface area contributed by atoms with Gasteiger partial charge in [0.05, 0.1) is 6.04 Å². The van der Waals surface area contributed by atoms with Gasteiger partial charge in [-0.25, -0.2) is 0 Å². The van der Waals surface area contributed by atoms with Gasteiger partial charge in [-0.1, -0.05) is 36.4 Å². The molecule has 3 N–H and O–H groups in total. The summed E-state index contributed by atoms with van der Waals surface area (Å²) in [4.78, 5) is 5.04. The maximum absolute atomic E-state index is 9.60. The Morgan fingerprint density at radius 2 is 1.80 bits per heavy atom. The highest BCUT2D eigenvalue weighted by Gasteiger charge is 2.32. The molecule has 0 fully saturated rings. The van der Waals surface area contributed by atoms with E-state index in [9.17, 15) is 5.11 Å². The summed E-state index contributed by atoms with van der Waals surface area (Å²) in [6.45, 7) is 0.904. The minimum absolute atomic E-state index is 0.110. The van der Waals surface area contributed by atoms with Crippen molar-refractivity contribution >= 4 is 22.2 Å². The van der Waals surface area contributed by atoms with Crippen molar-refractivity contribution in [2.75, 3.05) is 6.54 Å².